The third-order valence-electron chi connectivity index (χ3n) is 9.25. The molecule has 2 N–H and O–H groups in total. The molecule has 2 aromatic carbocycles. The van der Waals surface area contributed by atoms with Gasteiger partial charge >= 0.3 is 0 Å². The number of anilines is 2. The molecule has 2 unspecified atom stereocenters. The molecule has 2 fully saturated rings. The second-order valence-corrected chi connectivity index (χ2v) is 15.1. The van der Waals surface area contributed by atoms with Crippen LogP contribution in [0.5, 0.6) is 0 Å². The Morgan fingerprint density at radius 2 is 1.83 bits per heavy atom. The molecule has 48 heavy (non-hydrogen) atoms. The van der Waals surface area contributed by atoms with Gasteiger partial charge in [0.15, 0.2) is 0 Å². The van der Waals surface area contributed by atoms with Gasteiger partial charge in [-0.3, -0.25) is 18.6 Å². The van der Waals surface area contributed by atoms with Gasteiger partial charge in [0.05, 0.1) is 12.1 Å². The number of benzene rings is 2. The van der Waals surface area contributed by atoms with Crippen molar-refractivity contribution >= 4 is 38.2 Å². The maximum Gasteiger partial charge on any atom is 0.268 e. The summed E-state index contributed by atoms with van der Waals surface area (Å²) < 4.78 is 16.0. The topological polar surface area (TPSA) is 105 Å². The molecule has 2 aliphatic rings. The molecule has 2 atom stereocenters. The van der Waals surface area contributed by atoms with Crippen LogP contribution >= 0.6 is 0 Å². The molecule has 0 radical (unpaired) electrons. The van der Waals surface area contributed by atoms with Crippen LogP contribution in [0.4, 0.5) is 11.6 Å². The fraction of sp³-hybridized carbons (Fsp3) is 0.289. The lowest BCUT2D eigenvalue weighted by atomic mass is 9.98. The monoisotopic (exact) mass is 657 g/mol. The number of fused-ring (bicyclic) bond motifs is 1. The van der Waals surface area contributed by atoms with E-state index in [1.807, 2.05) is 34.8 Å². The van der Waals surface area contributed by atoms with E-state index in [-0.39, 0.29) is 18.0 Å². The van der Waals surface area contributed by atoms with Crippen LogP contribution in [0, 0.1) is 17.8 Å². The number of nitrogens with one attached hydrogen (secondary N) is 2. The lowest BCUT2D eigenvalue weighted by Gasteiger charge is -2.30. The van der Waals surface area contributed by atoms with E-state index in [1.165, 1.54) is 5.56 Å². The summed E-state index contributed by atoms with van der Waals surface area (Å²) in [5.41, 5.74) is 5.82. The first-order valence-electron chi connectivity index (χ1n) is 16.4. The van der Waals surface area contributed by atoms with E-state index >= 15 is 0 Å². The van der Waals surface area contributed by atoms with Crippen molar-refractivity contribution in [1.29, 1.82) is 0 Å². The molecule has 3 aromatic heterocycles. The quantitative estimate of drug-likeness (QED) is 0.187. The third-order valence-corrected chi connectivity index (χ3v) is 10.7. The highest BCUT2D eigenvalue weighted by atomic mass is 32.2. The fourth-order valence-electron chi connectivity index (χ4n) is 6.55. The molecule has 10 heteroatoms. The molecule has 7 rings (SSSR count). The van der Waals surface area contributed by atoms with E-state index in [0.29, 0.717) is 36.2 Å². The molecule has 2 aliphatic heterocycles. The van der Waals surface area contributed by atoms with Crippen LogP contribution in [0.15, 0.2) is 90.1 Å². The van der Waals surface area contributed by atoms with Gasteiger partial charge in [0.2, 0.25) is 5.95 Å². The lowest BCUT2D eigenvalue weighted by molar-refractivity contribution is 0.325. The molecule has 0 saturated carbocycles. The van der Waals surface area contributed by atoms with Gasteiger partial charge in [-0.1, -0.05) is 54.3 Å². The average Bonchev–Trinajstić information content (AvgIpc) is 3.65. The summed E-state index contributed by atoms with van der Waals surface area (Å²) >= 11 is 0. The minimum Gasteiger partial charge on any atom is -0.324 e. The van der Waals surface area contributed by atoms with Crippen LogP contribution in [0.25, 0.3) is 22.2 Å². The second kappa shape index (κ2) is 13.7. The van der Waals surface area contributed by atoms with Crippen LogP contribution in [-0.2, 0) is 16.3 Å². The first kappa shape index (κ1) is 31.8. The summed E-state index contributed by atoms with van der Waals surface area (Å²) in [4.78, 5) is 28.1. The van der Waals surface area contributed by atoms with Crippen molar-refractivity contribution in [2.24, 2.45) is 5.92 Å². The summed E-state index contributed by atoms with van der Waals surface area (Å²) in [6, 6.07) is 22.3. The number of pyridine rings is 2. The summed E-state index contributed by atoms with van der Waals surface area (Å²) in [6.45, 7) is 3.66. The minimum absolute atomic E-state index is 0.105. The molecule has 244 valence electrons. The van der Waals surface area contributed by atoms with E-state index < -0.39 is 9.71 Å². The zero-order valence-electron chi connectivity index (χ0n) is 27.1. The molecule has 2 saturated heterocycles. The van der Waals surface area contributed by atoms with Crippen LogP contribution in [0.2, 0.25) is 0 Å². The summed E-state index contributed by atoms with van der Waals surface area (Å²) in [5, 5.41) is 7.48. The van der Waals surface area contributed by atoms with Gasteiger partial charge in [-0.05, 0) is 84.1 Å². The molecule has 0 spiro atoms. The third kappa shape index (κ3) is 7.04. The van der Waals surface area contributed by atoms with Gasteiger partial charge in [0, 0.05) is 71.2 Å². The van der Waals surface area contributed by atoms with E-state index in [0.717, 1.165) is 60.1 Å². The SMILES string of the molecule is C=S(C)(=O)N1CCC(C#Cc2cc3cnc(Nc4ccc(C5CCNC5)cc4)nc3n(Cc3cnccc3-c3ccccc3)c2=O)CC1. The molecule has 0 amide bonds. The fourth-order valence-corrected chi connectivity index (χ4v) is 7.53. The van der Waals surface area contributed by atoms with Crippen molar-refractivity contribution in [1.82, 2.24) is 29.1 Å². The zero-order chi connectivity index (χ0) is 33.1. The predicted molar refractivity (Wildman–Crippen MR) is 195 cm³/mol. The molecule has 9 nitrogen and oxygen atoms in total. The number of piperidine rings is 1. The zero-order valence-corrected chi connectivity index (χ0v) is 27.9. The van der Waals surface area contributed by atoms with Gasteiger partial charge < -0.3 is 10.6 Å². The van der Waals surface area contributed by atoms with Crippen molar-refractivity contribution in [3.8, 4) is 23.0 Å². The van der Waals surface area contributed by atoms with Crippen LogP contribution < -0.4 is 16.2 Å². The molecule has 0 aliphatic carbocycles. The number of rotatable bonds is 7. The van der Waals surface area contributed by atoms with E-state index in [9.17, 15) is 9.00 Å². The smallest absolute Gasteiger partial charge is 0.268 e. The Balaban J connectivity index is 1.24. The molecule has 5 heterocycles. The Kier molecular flexibility index (Phi) is 9.08. The van der Waals surface area contributed by atoms with Crippen molar-refractivity contribution in [3.63, 3.8) is 0 Å². The average molecular weight is 658 g/mol. The maximum atomic E-state index is 14.2. The summed E-state index contributed by atoms with van der Waals surface area (Å²) in [5.74, 6) is 11.4. The first-order chi connectivity index (χ1) is 23.3. The van der Waals surface area contributed by atoms with Gasteiger partial charge in [0.1, 0.15) is 5.65 Å². The maximum absolute atomic E-state index is 14.2. The molecular weight excluding hydrogens is 619 g/mol. The van der Waals surface area contributed by atoms with Crippen molar-refractivity contribution < 1.29 is 4.21 Å². The lowest BCUT2D eigenvalue weighted by Crippen LogP contribution is -2.37. The minimum atomic E-state index is -2.23. The van der Waals surface area contributed by atoms with E-state index in [4.69, 9.17) is 4.98 Å². The standard InChI is InChI=1S/C38H39N7O2S/c1-48(2,47)44-20-16-27(17-21-44)8-9-30-22-32-25-41-38(42-34-12-10-28(11-13-34)31-14-18-39-23-31)43-36(32)45(37(30)46)26-33-24-40-19-15-35(33)29-6-4-3-5-7-29/h3-7,10-13,15,19,22,24-25,27,31,39H,1,14,16-18,20-21,23,26H2,2H3,(H,41,42,43). The highest BCUT2D eigenvalue weighted by molar-refractivity contribution is 7.97. The molecule has 5 aromatic rings. The van der Waals surface area contributed by atoms with Gasteiger partial charge in [-0.15, -0.1) is 0 Å². The first-order valence-corrected chi connectivity index (χ1v) is 18.5. The predicted octanol–water partition coefficient (Wildman–Crippen LogP) is 5.05. The molecular formula is C38H39N7O2S. The van der Waals surface area contributed by atoms with Crippen molar-refractivity contribution in [2.45, 2.75) is 31.7 Å². The highest BCUT2D eigenvalue weighted by Gasteiger charge is 2.21. The van der Waals surface area contributed by atoms with Gasteiger partial charge in [-0.2, -0.15) is 4.98 Å². The highest BCUT2D eigenvalue weighted by Crippen LogP contribution is 2.27. The van der Waals surface area contributed by atoms with Crippen molar-refractivity contribution in [2.75, 3.05) is 37.8 Å². The van der Waals surface area contributed by atoms with Gasteiger partial charge in [-0.25, -0.2) is 9.29 Å². The van der Waals surface area contributed by atoms with Gasteiger partial charge in [0.25, 0.3) is 5.56 Å². The van der Waals surface area contributed by atoms with Crippen LogP contribution in [-0.4, -0.2) is 66.3 Å². The van der Waals surface area contributed by atoms with Crippen molar-refractivity contribution in [3.05, 3.63) is 112 Å². The summed E-state index contributed by atoms with van der Waals surface area (Å²) in [7, 11) is -2.23. The number of hydrogen-bond acceptors (Lipinski definition) is 7. The Morgan fingerprint density at radius 3 is 2.56 bits per heavy atom. The largest absolute Gasteiger partial charge is 0.324 e. The summed E-state index contributed by atoms with van der Waals surface area (Å²) in [6.07, 6.45) is 9.70. The van der Waals surface area contributed by atoms with Crippen LogP contribution in [0.3, 0.4) is 0 Å². The van der Waals surface area contributed by atoms with E-state index in [1.54, 1.807) is 29.3 Å². The number of nitrogens with zero attached hydrogens (tertiary/aromatic N) is 5. The Labute approximate surface area is 281 Å². The Morgan fingerprint density at radius 1 is 1.04 bits per heavy atom. The number of hydrogen-bond donors (Lipinski definition) is 2. The number of aromatic nitrogens is 4. The Bertz CT molecular complexity index is 2160. The van der Waals surface area contributed by atoms with Crippen LogP contribution in [0.1, 0.15) is 41.9 Å². The molecule has 0 bridgehead atoms. The second-order valence-electron chi connectivity index (χ2n) is 12.7. The van der Waals surface area contributed by atoms with E-state index in [2.05, 4.69) is 74.7 Å². The Hall–Kier alpha value is -4.82. The normalized spacial score (nSPS) is 18.2.